The van der Waals surface area contributed by atoms with Crippen molar-refractivity contribution in [3.05, 3.63) is 18.9 Å². The fourth-order valence-electron chi connectivity index (χ4n) is 0.195. The Hall–Kier alpha value is -1.14. The lowest BCUT2D eigenvalue weighted by Crippen LogP contribution is -1.57. The summed E-state index contributed by atoms with van der Waals surface area (Å²) >= 11 is 0. The second-order valence-corrected chi connectivity index (χ2v) is 1.02. The highest BCUT2D eigenvalue weighted by molar-refractivity contribution is 5.72. The molecule has 0 saturated carbocycles. The first kappa shape index (κ1) is 6.86. The van der Waals surface area contributed by atoms with Crippen LogP contribution >= 0.6 is 0 Å². The third kappa shape index (κ3) is 4.86. The van der Waals surface area contributed by atoms with E-state index in [4.69, 9.17) is 0 Å². The van der Waals surface area contributed by atoms with Crippen LogP contribution in [0.15, 0.2) is 28.8 Å². The summed E-state index contributed by atoms with van der Waals surface area (Å²) in [5.41, 5.74) is 0. The van der Waals surface area contributed by atoms with E-state index < -0.39 is 0 Å². The van der Waals surface area contributed by atoms with Gasteiger partial charge in [-0.1, -0.05) is 12.7 Å². The van der Waals surface area contributed by atoms with Crippen LogP contribution in [0.4, 0.5) is 0 Å². The lowest BCUT2D eigenvalue weighted by Gasteiger charge is -1.64. The Morgan fingerprint density at radius 3 is 2.88 bits per heavy atom. The molecule has 0 heterocycles. The number of rotatable bonds is 2. The fraction of sp³-hybridized carbons (Fsp3) is 0.167. The number of aliphatic imine (C=N–C) groups is 2. The Balaban J connectivity index is 3.58. The van der Waals surface area contributed by atoms with Gasteiger partial charge in [0.25, 0.3) is 0 Å². The molecule has 42 valence electrons. The summed E-state index contributed by atoms with van der Waals surface area (Å²) in [5, 5.41) is 0. The predicted octanol–water partition coefficient (Wildman–Crippen LogP) is 1.06. The van der Waals surface area contributed by atoms with E-state index in [0.29, 0.717) is 0 Å². The molecule has 2 heteroatoms. The molecule has 0 aromatic carbocycles. The summed E-state index contributed by atoms with van der Waals surface area (Å²) in [5.74, 6) is 2.54. The monoisotopic (exact) mass is 108 g/mol. The Labute approximate surface area is 49.0 Å². The zero-order valence-corrected chi connectivity index (χ0v) is 4.83. The predicted molar refractivity (Wildman–Crippen MR) is 36.6 cm³/mol. The Morgan fingerprint density at radius 2 is 2.38 bits per heavy atom. The quantitative estimate of drug-likeness (QED) is 0.472. The third-order valence-electron chi connectivity index (χ3n) is 0.453. The SMILES string of the molecule is C=CC=NC=C=NC. The first-order valence-corrected chi connectivity index (χ1v) is 2.22. The van der Waals surface area contributed by atoms with Gasteiger partial charge in [0.2, 0.25) is 0 Å². The summed E-state index contributed by atoms with van der Waals surface area (Å²) < 4.78 is 0. The van der Waals surface area contributed by atoms with Crippen molar-refractivity contribution in [3.8, 4) is 0 Å². The van der Waals surface area contributed by atoms with Crippen molar-refractivity contribution in [2.45, 2.75) is 0 Å². The molecule has 0 spiro atoms. The van der Waals surface area contributed by atoms with E-state index in [2.05, 4.69) is 22.4 Å². The van der Waals surface area contributed by atoms with Crippen molar-refractivity contribution in [2.75, 3.05) is 7.05 Å². The van der Waals surface area contributed by atoms with Crippen LogP contribution in [0.25, 0.3) is 0 Å². The van der Waals surface area contributed by atoms with Crippen LogP contribution in [0, 0.1) is 0 Å². The molecule has 0 amide bonds. The molecule has 0 aromatic heterocycles. The number of allylic oxidation sites excluding steroid dienone is 1. The first-order valence-electron chi connectivity index (χ1n) is 2.22. The molecule has 0 radical (unpaired) electrons. The van der Waals surface area contributed by atoms with Crippen molar-refractivity contribution in [1.29, 1.82) is 0 Å². The van der Waals surface area contributed by atoms with Gasteiger partial charge in [0, 0.05) is 19.1 Å². The molecule has 0 N–H and O–H groups in total. The summed E-state index contributed by atoms with van der Waals surface area (Å²) in [6.45, 7) is 3.43. The van der Waals surface area contributed by atoms with E-state index in [0.717, 1.165) is 0 Å². The standard InChI is InChI=1S/C6H8N2/c1-3-4-8-6-5-7-2/h3-4,6H,1H2,2H3. The van der Waals surface area contributed by atoms with Gasteiger partial charge in [0.05, 0.1) is 6.20 Å². The summed E-state index contributed by atoms with van der Waals surface area (Å²) in [7, 11) is 1.64. The molecule has 0 saturated heterocycles. The van der Waals surface area contributed by atoms with Crippen LogP contribution in [0.1, 0.15) is 0 Å². The van der Waals surface area contributed by atoms with Crippen molar-refractivity contribution in [2.24, 2.45) is 9.98 Å². The van der Waals surface area contributed by atoms with Crippen LogP contribution in [0.5, 0.6) is 0 Å². The molecule has 8 heavy (non-hydrogen) atoms. The van der Waals surface area contributed by atoms with Gasteiger partial charge in [-0.15, -0.1) is 0 Å². The lowest BCUT2D eigenvalue weighted by molar-refractivity contribution is 1.47. The largest absolute Gasteiger partial charge is 0.255 e. The van der Waals surface area contributed by atoms with Gasteiger partial charge in [0.15, 0.2) is 0 Å². The average molecular weight is 108 g/mol. The zero-order valence-electron chi connectivity index (χ0n) is 4.83. The van der Waals surface area contributed by atoms with Gasteiger partial charge in [0.1, 0.15) is 0 Å². The molecule has 0 aromatic rings. The molecule has 2 nitrogen and oxygen atoms in total. The smallest absolute Gasteiger partial charge is 0.0877 e. The zero-order chi connectivity index (χ0) is 6.24. The second kappa shape index (κ2) is 5.86. The first-order chi connectivity index (χ1) is 3.91. The van der Waals surface area contributed by atoms with Gasteiger partial charge in [-0.2, -0.15) is 0 Å². The summed E-state index contributed by atoms with van der Waals surface area (Å²) in [6, 6.07) is 0. The topological polar surface area (TPSA) is 24.7 Å². The molecular weight excluding hydrogens is 100 g/mol. The van der Waals surface area contributed by atoms with Gasteiger partial charge < -0.3 is 0 Å². The van der Waals surface area contributed by atoms with Crippen LogP contribution in [-0.2, 0) is 0 Å². The van der Waals surface area contributed by atoms with Gasteiger partial charge >= 0.3 is 0 Å². The maximum absolute atomic E-state index is 3.71. The second-order valence-electron chi connectivity index (χ2n) is 1.02. The van der Waals surface area contributed by atoms with E-state index in [-0.39, 0.29) is 0 Å². The summed E-state index contributed by atoms with van der Waals surface area (Å²) in [6.07, 6.45) is 4.63. The Morgan fingerprint density at radius 1 is 1.62 bits per heavy atom. The highest BCUT2D eigenvalue weighted by atomic mass is 14.7. The third-order valence-corrected chi connectivity index (χ3v) is 0.453. The lowest BCUT2D eigenvalue weighted by atomic mass is 10.7. The van der Waals surface area contributed by atoms with Crippen molar-refractivity contribution >= 4 is 12.1 Å². The molecule has 0 aliphatic carbocycles. The van der Waals surface area contributed by atoms with Crippen LogP contribution < -0.4 is 0 Å². The summed E-state index contributed by atoms with van der Waals surface area (Å²) in [4.78, 5) is 7.26. The Kier molecular flexibility index (Phi) is 5.02. The van der Waals surface area contributed by atoms with E-state index in [1.165, 1.54) is 6.20 Å². The fourth-order valence-corrected chi connectivity index (χ4v) is 0.195. The van der Waals surface area contributed by atoms with Gasteiger partial charge in [-0.25, -0.2) is 4.99 Å². The minimum atomic E-state index is 1.47. The maximum Gasteiger partial charge on any atom is 0.0877 e. The minimum absolute atomic E-state index is 1.47. The van der Waals surface area contributed by atoms with Gasteiger partial charge in [-0.3, -0.25) is 4.99 Å². The van der Waals surface area contributed by atoms with E-state index in [9.17, 15) is 0 Å². The number of hydrogen-bond donors (Lipinski definition) is 0. The minimum Gasteiger partial charge on any atom is -0.255 e. The van der Waals surface area contributed by atoms with E-state index in [1.54, 1.807) is 19.3 Å². The van der Waals surface area contributed by atoms with Crippen molar-refractivity contribution in [3.63, 3.8) is 0 Å². The van der Waals surface area contributed by atoms with E-state index in [1.807, 2.05) is 0 Å². The van der Waals surface area contributed by atoms with Crippen LogP contribution in [0.2, 0.25) is 0 Å². The molecule has 0 aliphatic rings. The van der Waals surface area contributed by atoms with Gasteiger partial charge in [-0.05, 0) is 0 Å². The van der Waals surface area contributed by atoms with Crippen LogP contribution in [-0.4, -0.2) is 19.1 Å². The number of nitrogens with zero attached hydrogens (tertiary/aromatic N) is 2. The highest BCUT2D eigenvalue weighted by Crippen LogP contribution is 1.62. The van der Waals surface area contributed by atoms with Crippen molar-refractivity contribution < 1.29 is 0 Å². The normalized spacial score (nSPS) is 8.12. The molecular formula is C6H8N2. The molecule has 0 fully saturated rings. The molecule has 0 atom stereocenters. The Bertz CT molecular complexity index is 139. The average Bonchev–Trinajstić information content (AvgIpc) is 1.81. The molecule has 0 unspecified atom stereocenters. The van der Waals surface area contributed by atoms with Crippen molar-refractivity contribution in [1.82, 2.24) is 0 Å². The molecule has 0 aliphatic heterocycles. The molecule has 0 rings (SSSR count). The number of hydrogen-bond acceptors (Lipinski definition) is 2. The van der Waals surface area contributed by atoms with E-state index >= 15 is 0 Å². The molecule has 0 bridgehead atoms. The maximum atomic E-state index is 3.71. The highest BCUT2D eigenvalue weighted by Gasteiger charge is 1.52. The van der Waals surface area contributed by atoms with Crippen LogP contribution in [0.3, 0.4) is 0 Å².